The molecule has 0 saturated carbocycles. The van der Waals surface area contributed by atoms with Gasteiger partial charge in [-0.15, -0.1) is 12.6 Å². The fourth-order valence-electron chi connectivity index (χ4n) is 3.94. The van der Waals surface area contributed by atoms with E-state index in [1.807, 2.05) is 0 Å². The number of carbonyl (C=O) groups excluding carboxylic acids is 1. The number of hydrogen-bond donors (Lipinski definition) is 5. The van der Waals surface area contributed by atoms with E-state index in [1.165, 1.54) is 27.7 Å². The zero-order valence-corrected chi connectivity index (χ0v) is 29.9. The Morgan fingerprint density at radius 2 is 0.963 bits per heavy atom. The molecule has 54 heavy (non-hydrogen) atoms. The summed E-state index contributed by atoms with van der Waals surface area (Å²) in [6.45, 7) is 20.7. The van der Waals surface area contributed by atoms with E-state index in [4.69, 9.17) is 49.5 Å². The van der Waals surface area contributed by atoms with Gasteiger partial charge >= 0.3 is 0 Å². The lowest BCUT2D eigenvalue weighted by Crippen LogP contribution is -2.32. The number of nitrogens with zero attached hydrogens (tertiary/aromatic N) is 6. The van der Waals surface area contributed by atoms with Crippen molar-refractivity contribution in [2.45, 2.75) is 39.5 Å². The first-order chi connectivity index (χ1) is 25.1. The summed E-state index contributed by atoms with van der Waals surface area (Å²) in [5.74, 6) is -2.25. The lowest BCUT2D eigenvalue weighted by atomic mass is 9.80. The number of rotatable bonds is 0. The van der Waals surface area contributed by atoms with Crippen LogP contribution in [0.2, 0.25) is 0 Å². The van der Waals surface area contributed by atoms with Crippen LogP contribution in [0.3, 0.4) is 0 Å². The number of carbonyl (C=O) groups is 1. The van der Waals surface area contributed by atoms with E-state index in [2.05, 4.69) is 34.5 Å². The number of nitriles is 4. The smallest absolute Gasteiger partial charge is 0.277 e. The summed E-state index contributed by atoms with van der Waals surface area (Å²) < 4.78 is 0.380. The Labute approximate surface area is 313 Å². The van der Waals surface area contributed by atoms with Gasteiger partial charge in [0, 0.05) is 38.3 Å². The van der Waals surface area contributed by atoms with Gasteiger partial charge in [-0.3, -0.25) is 33.6 Å². The average molecular weight is 765 g/mol. The van der Waals surface area contributed by atoms with Gasteiger partial charge in [0.1, 0.15) is 23.5 Å². The summed E-state index contributed by atoms with van der Waals surface area (Å²) in [5, 5.41) is 70.0. The minimum atomic E-state index is -1.14. The molecule has 4 N–H and O–H groups in total. The average Bonchev–Trinajstić information content (AvgIpc) is 3.36. The summed E-state index contributed by atoms with van der Waals surface area (Å²) in [6.07, 6.45) is 0. The van der Waals surface area contributed by atoms with Crippen LogP contribution in [0.25, 0.3) is 9.69 Å². The van der Waals surface area contributed by atoms with E-state index in [0.717, 1.165) is 0 Å². The maximum Gasteiger partial charge on any atom is 0.277 e. The van der Waals surface area contributed by atoms with Crippen molar-refractivity contribution in [2.75, 3.05) is 0 Å². The largest absolute Gasteiger partial charge is 0.507 e. The topological polar surface area (TPSA) is 304 Å². The second-order valence-electron chi connectivity index (χ2n) is 10.4. The van der Waals surface area contributed by atoms with Gasteiger partial charge in [0.15, 0.2) is 17.3 Å². The summed E-state index contributed by atoms with van der Waals surface area (Å²) in [6, 6.07) is 6.49. The number of Topliss-reactive ketones (excluding diaryl/α,β-unsaturated/α-hetero) is 1. The number of aliphatic hydroxyl groups excluding tert-OH is 2. The van der Waals surface area contributed by atoms with Crippen LogP contribution in [-0.2, 0) is 4.79 Å². The maximum atomic E-state index is 10.9. The van der Waals surface area contributed by atoms with Crippen LogP contribution in [0.5, 0.6) is 11.5 Å². The predicted molar refractivity (Wildman–Crippen MR) is 192 cm³/mol. The van der Waals surface area contributed by atoms with Crippen molar-refractivity contribution >= 4 is 30.6 Å². The Morgan fingerprint density at radius 1 is 0.574 bits per heavy atom. The molecule has 5 rings (SSSR count). The first-order valence-corrected chi connectivity index (χ1v) is 14.9. The molecule has 268 valence electrons. The second-order valence-corrected chi connectivity index (χ2v) is 11.2. The quantitative estimate of drug-likeness (QED) is 0.0547. The number of allylic oxidation sites excluding steroid dienone is 7. The molecule has 0 unspecified atom stereocenters. The van der Waals surface area contributed by atoms with Crippen molar-refractivity contribution in [1.29, 1.82) is 21.0 Å². The highest BCUT2D eigenvalue weighted by Crippen LogP contribution is 2.42. The Kier molecular flexibility index (Phi) is 14.7. The molecule has 0 saturated heterocycles. The summed E-state index contributed by atoms with van der Waals surface area (Å²) >= 11 is 8.57. The molecule has 0 spiro atoms. The molecule has 0 fully saturated rings. The molecule has 0 aromatic heterocycles. The fraction of sp³-hybridized carbons (Fsp3) is 0.143. The van der Waals surface area contributed by atoms with Gasteiger partial charge in [-0.05, 0) is 45.8 Å². The van der Waals surface area contributed by atoms with Crippen LogP contribution < -0.4 is 32.6 Å². The van der Waals surface area contributed by atoms with Crippen molar-refractivity contribution < 1.29 is 25.2 Å². The van der Waals surface area contributed by atoms with Crippen LogP contribution in [0.15, 0.2) is 90.0 Å². The summed E-state index contributed by atoms with van der Waals surface area (Å²) in [5.41, 5.74) is -3.65. The zero-order valence-electron chi connectivity index (χ0n) is 28.2. The highest BCUT2D eigenvalue weighted by atomic mass is 32.1. The third kappa shape index (κ3) is 8.21. The number of aromatic hydroxyl groups is 2. The molecule has 2 aliphatic carbocycles. The van der Waals surface area contributed by atoms with Gasteiger partial charge in [0.2, 0.25) is 22.1 Å². The monoisotopic (exact) mass is 764 g/mol. The standard InChI is InChI=1S/C11H4N4O.C8H4N2O2.C6H4O4.C5H4O3.C5H4OS2/c1-6-9(8(5-14)15-2)10(11(6)16)7(3-12)4-13;1-4-6(5(3-9)10-2)8(12)7(4)11;1-2-3(7)5(9)6(10)4(2)8;2*1-2-3(6)5(8)4(2)7/h16H,1H3;11H,1H3;7H,1H3;6H,1H3;7H,1H3/b9-8+;6-5+;;;. The van der Waals surface area contributed by atoms with Crippen molar-refractivity contribution in [3.8, 4) is 35.8 Å². The zero-order chi connectivity index (χ0) is 42.1. The molecule has 3 aromatic rings. The number of ketones is 1. The van der Waals surface area contributed by atoms with E-state index in [-0.39, 0.29) is 67.5 Å². The molecule has 17 nitrogen and oxygen atoms in total. The van der Waals surface area contributed by atoms with Crippen molar-refractivity contribution in [2.24, 2.45) is 0 Å². The molecule has 0 radical (unpaired) electrons. The van der Waals surface area contributed by atoms with E-state index < -0.39 is 38.7 Å². The first-order valence-electron chi connectivity index (χ1n) is 14.0. The summed E-state index contributed by atoms with van der Waals surface area (Å²) in [4.78, 5) is 79.7. The molecular weight excluding hydrogens is 745 g/mol. The van der Waals surface area contributed by atoms with Crippen LogP contribution in [0, 0.1) is 83.8 Å². The fourth-order valence-corrected chi connectivity index (χ4v) is 4.45. The van der Waals surface area contributed by atoms with Crippen LogP contribution in [0.1, 0.15) is 30.5 Å². The van der Waals surface area contributed by atoms with Crippen molar-refractivity contribution in [1.82, 2.24) is 0 Å². The minimum absolute atomic E-state index is 0.00458. The number of hydrogen-bond acceptors (Lipinski definition) is 17. The Bertz CT molecular complexity index is 2630. The van der Waals surface area contributed by atoms with Crippen LogP contribution >= 0.6 is 24.8 Å². The van der Waals surface area contributed by atoms with Crippen LogP contribution in [0.4, 0.5) is 0 Å². The van der Waals surface area contributed by atoms with Crippen LogP contribution in [-0.4, -0.2) is 26.2 Å². The molecule has 19 heteroatoms. The molecule has 2 aliphatic rings. The second kappa shape index (κ2) is 17.9. The van der Waals surface area contributed by atoms with Gasteiger partial charge in [-0.2, -0.15) is 10.5 Å². The Balaban J connectivity index is 0.000000346. The van der Waals surface area contributed by atoms with Gasteiger partial charge in [0.05, 0.1) is 29.8 Å². The molecule has 0 heterocycles. The van der Waals surface area contributed by atoms with Gasteiger partial charge < -0.3 is 20.4 Å². The highest BCUT2D eigenvalue weighted by Gasteiger charge is 2.33. The maximum absolute atomic E-state index is 10.9. The molecule has 3 aromatic carbocycles. The molecule has 0 atom stereocenters. The van der Waals surface area contributed by atoms with E-state index in [1.54, 1.807) is 31.2 Å². The third-order valence-electron chi connectivity index (χ3n) is 7.33. The minimum Gasteiger partial charge on any atom is -0.507 e. The van der Waals surface area contributed by atoms with Crippen molar-refractivity contribution in [3.05, 3.63) is 162 Å². The lowest BCUT2D eigenvalue weighted by molar-refractivity contribution is -0.115. The Hall–Kier alpha value is -7.81. The third-order valence-corrected chi connectivity index (χ3v) is 8.43. The SMILES string of the molecule is Cc1c(O)c(=O)c(=O)c1=O.Cc1c(O)c(=O)c1=O.Cc1c(S)c(=S)c1=O.[C-]#[N+]/C(C#N)=C1/C(=O)C(O)=C1C.[C-]#[N+]/C(C#N)=C1\C(C)=C(O)C1=C(C#N)C#N. The Morgan fingerprint density at radius 3 is 1.19 bits per heavy atom. The predicted octanol–water partition coefficient (Wildman–Crippen LogP) is 2.17. The first kappa shape index (κ1) is 44.2. The van der Waals surface area contributed by atoms with Gasteiger partial charge in [0.25, 0.3) is 27.7 Å². The lowest BCUT2D eigenvalue weighted by Gasteiger charge is -2.24. The number of aliphatic hydroxyl groups is 2. The van der Waals surface area contributed by atoms with Gasteiger partial charge in [-0.1, -0.05) is 12.2 Å². The highest BCUT2D eigenvalue weighted by molar-refractivity contribution is 7.81. The van der Waals surface area contributed by atoms with Crippen molar-refractivity contribution in [3.63, 3.8) is 0 Å². The normalized spacial score (nSPS) is 14.0. The summed E-state index contributed by atoms with van der Waals surface area (Å²) in [7, 11) is 0. The molecule has 0 bridgehead atoms. The number of thiol groups is 1. The van der Waals surface area contributed by atoms with E-state index in [9.17, 15) is 38.7 Å². The van der Waals surface area contributed by atoms with E-state index in [0.29, 0.717) is 26.1 Å². The van der Waals surface area contributed by atoms with Gasteiger partial charge in [-0.25, -0.2) is 20.2 Å². The molecular formula is C35H20N6O11S2. The van der Waals surface area contributed by atoms with E-state index >= 15 is 0 Å². The molecule has 0 aliphatic heterocycles. The molecule has 0 amide bonds.